The zero-order valence-corrected chi connectivity index (χ0v) is 11.2. The van der Waals surface area contributed by atoms with Gasteiger partial charge >= 0.3 is 0 Å². The molecular formula is C14H16N2OS. The van der Waals surface area contributed by atoms with E-state index >= 15 is 0 Å². The summed E-state index contributed by atoms with van der Waals surface area (Å²) in [5.74, 6) is 1.05. The number of hydrogen-bond donors (Lipinski definition) is 1. The molecule has 0 saturated heterocycles. The molecule has 1 N–H and O–H groups in total. The maximum Gasteiger partial charge on any atom is 0.122 e. The van der Waals surface area contributed by atoms with Crippen molar-refractivity contribution < 1.29 is 4.74 Å². The predicted molar refractivity (Wildman–Crippen MR) is 73.0 cm³/mol. The normalized spacial score (nSPS) is 13.4. The lowest BCUT2D eigenvalue weighted by Gasteiger charge is -2.06. The highest BCUT2D eigenvalue weighted by Gasteiger charge is 2.11. The molecule has 0 atom stereocenters. The van der Waals surface area contributed by atoms with Gasteiger partial charge < -0.3 is 10.1 Å². The zero-order chi connectivity index (χ0) is 12.4. The lowest BCUT2D eigenvalue weighted by atomic mass is 10.1. The van der Waals surface area contributed by atoms with Crippen LogP contribution in [-0.2, 0) is 19.5 Å². The second-order valence-electron chi connectivity index (χ2n) is 4.51. The zero-order valence-electron chi connectivity index (χ0n) is 10.4. The third-order valence-electron chi connectivity index (χ3n) is 3.21. The van der Waals surface area contributed by atoms with E-state index in [1.54, 1.807) is 11.3 Å². The molecule has 18 heavy (non-hydrogen) atoms. The molecule has 3 nitrogen and oxygen atoms in total. The van der Waals surface area contributed by atoms with Crippen molar-refractivity contribution in [3.63, 3.8) is 0 Å². The van der Waals surface area contributed by atoms with Crippen LogP contribution in [0.25, 0.3) is 0 Å². The van der Waals surface area contributed by atoms with Crippen LogP contribution < -0.4 is 10.1 Å². The predicted octanol–water partition coefficient (Wildman–Crippen LogP) is 2.68. The minimum Gasteiger partial charge on any atom is -0.493 e. The molecule has 0 bridgehead atoms. The first-order valence-corrected chi connectivity index (χ1v) is 7.05. The fraction of sp³-hybridized carbons (Fsp3) is 0.357. The van der Waals surface area contributed by atoms with Gasteiger partial charge in [0.25, 0.3) is 0 Å². The van der Waals surface area contributed by atoms with Gasteiger partial charge in [0.1, 0.15) is 5.75 Å². The first-order chi connectivity index (χ1) is 8.83. The second kappa shape index (κ2) is 5.08. The first-order valence-electron chi connectivity index (χ1n) is 6.17. The Morgan fingerprint density at radius 3 is 3.17 bits per heavy atom. The number of rotatable bonds is 4. The minimum absolute atomic E-state index is 0.826. The summed E-state index contributed by atoms with van der Waals surface area (Å²) < 4.78 is 5.51. The molecule has 1 aliphatic rings. The van der Waals surface area contributed by atoms with Crippen molar-refractivity contribution in [2.45, 2.75) is 26.4 Å². The summed E-state index contributed by atoms with van der Waals surface area (Å²) in [6.07, 6.45) is 1.04. The van der Waals surface area contributed by atoms with Crippen molar-refractivity contribution >= 4 is 11.3 Å². The van der Waals surface area contributed by atoms with Crippen LogP contribution in [0.15, 0.2) is 23.7 Å². The van der Waals surface area contributed by atoms with Crippen molar-refractivity contribution in [3.8, 4) is 5.75 Å². The van der Waals surface area contributed by atoms with Crippen molar-refractivity contribution in [1.82, 2.24) is 10.3 Å². The smallest absolute Gasteiger partial charge is 0.122 e. The number of aryl methyl sites for hydroxylation is 1. The maximum absolute atomic E-state index is 5.51. The Hall–Kier alpha value is -1.39. The molecule has 4 heteroatoms. The van der Waals surface area contributed by atoms with Gasteiger partial charge in [0.05, 0.1) is 17.8 Å². The van der Waals surface area contributed by atoms with Crippen LogP contribution in [0.1, 0.15) is 21.7 Å². The molecule has 0 fully saturated rings. The first kappa shape index (κ1) is 11.7. The van der Waals surface area contributed by atoms with Crippen LogP contribution in [0.5, 0.6) is 5.75 Å². The minimum atomic E-state index is 0.826. The van der Waals surface area contributed by atoms with Gasteiger partial charge in [0.15, 0.2) is 0 Å². The Kier molecular flexibility index (Phi) is 3.30. The molecule has 0 radical (unpaired) electrons. The summed E-state index contributed by atoms with van der Waals surface area (Å²) in [4.78, 5) is 5.57. The summed E-state index contributed by atoms with van der Waals surface area (Å²) in [5.41, 5.74) is 5.69. The lowest BCUT2D eigenvalue weighted by molar-refractivity contribution is 0.357. The van der Waals surface area contributed by atoms with Crippen LogP contribution in [0.2, 0.25) is 0 Å². The standard InChI is InChI=1S/C14H16N2OS/c1-10-14(18-9-16-10)8-15-7-11-2-3-13-12(6-11)4-5-17-13/h2-3,6,9,15H,4-5,7-8H2,1H3. The van der Waals surface area contributed by atoms with Gasteiger partial charge in [-0.2, -0.15) is 0 Å². The van der Waals surface area contributed by atoms with Crippen LogP contribution in [-0.4, -0.2) is 11.6 Å². The highest BCUT2D eigenvalue weighted by molar-refractivity contribution is 7.09. The van der Waals surface area contributed by atoms with Crippen LogP contribution >= 0.6 is 11.3 Å². The van der Waals surface area contributed by atoms with E-state index < -0.39 is 0 Å². The molecule has 1 aromatic heterocycles. The van der Waals surface area contributed by atoms with Gasteiger partial charge in [-0.15, -0.1) is 11.3 Å². The average molecular weight is 260 g/mol. The SMILES string of the molecule is Cc1ncsc1CNCc1ccc2c(c1)CCO2. The topological polar surface area (TPSA) is 34.2 Å². The van der Waals surface area contributed by atoms with E-state index in [0.29, 0.717) is 0 Å². The molecule has 1 aromatic carbocycles. The van der Waals surface area contributed by atoms with Gasteiger partial charge in [-0.25, -0.2) is 4.98 Å². The molecule has 0 amide bonds. The number of aromatic nitrogens is 1. The molecule has 0 unspecified atom stereocenters. The molecule has 0 spiro atoms. The van der Waals surface area contributed by atoms with Crippen molar-refractivity contribution in [3.05, 3.63) is 45.4 Å². The van der Waals surface area contributed by atoms with Gasteiger partial charge in [-0.1, -0.05) is 12.1 Å². The third-order valence-corrected chi connectivity index (χ3v) is 4.15. The van der Waals surface area contributed by atoms with E-state index in [4.69, 9.17) is 4.74 Å². The summed E-state index contributed by atoms with van der Waals surface area (Å²) in [7, 11) is 0. The Morgan fingerprint density at radius 1 is 1.39 bits per heavy atom. The van der Waals surface area contributed by atoms with Crippen molar-refractivity contribution in [1.29, 1.82) is 0 Å². The van der Waals surface area contributed by atoms with E-state index in [1.165, 1.54) is 16.0 Å². The maximum atomic E-state index is 5.51. The highest BCUT2D eigenvalue weighted by atomic mass is 32.1. The van der Waals surface area contributed by atoms with Gasteiger partial charge in [-0.3, -0.25) is 0 Å². The number of nitrogens with zero attached hydrogens (tertiary/aromatic N) is 1. The second-order valence-corrected chi connectivity index (χ2v) is 5.44. The van der Waals surface area contributed by atoms with Crippen molar-refractivity contribution in [2.24, 2.45) is 0 Å². The average Bonchev–Trinajstić information content (AvgIpc) is 2.98. The largest absolute Gasteiger partial charge is 0.493 e. The van der Waals surface area contributed by atoms with Crippen LogP contribution in [0.3, 0.4) is 0 Å². The number of thiazole rings is 1. The molecule has 2 heterocycles. The van der Waals surface area contributed by atoms with Crippen molar-refractivity contribution in [2.75, 3.05) is 6.61 Å². The van der Waals surface area contributed by atoms with E-state index in [-0.39, 0.29) is 0 Å². The Labute approximate surface area is 111 Å². The van der Waals surface area contributed by atoms with E-state index in [0.717, 1.165) is 37.6 Å². The quantitative estimate of drug-likeness (QED) is 0.917. The van der Waals surface area contributed by atoms with E-state index in [2.05, 4.69) is 35.4 Å². The number of nitrogens with one attached hydrogen (secondary N) is 1. The molecule has 0 saturated carbocycles. The summed E-state index contributed by atoms with van der Waals surface area (Å²) >= 11 is 1.71. The molecule has 3 rings (SSSR count). The van der Waals surface area contributed by atoms with Crippen LogP contribution in [0.4, 0.5) is 0 Å². The number of hydrogen-bond acceptors (Lipinski definition) is 4. The number of fused-ring (bicyclic) bond motifs is 1. The van der Waals surface area contributed by atoms with Gasteiger partial charge in [-0.05, 0) is 24.1 Å². The molecular weight excluding hydrogens is 244 g/mol. The van der Waals surface area contributed by atoms with E-state index in [9.17, 15) is 0 Å². The fourth-order valence-corrected chi connectivity index (χ4v) is 2.91. The van der Waals surface area contributed by atoms with E-state index in [1.807, 2.05) is 5.51 Å². The fourth-order valence-electron chi connectivity index (χ4n) is 2.17. The summed E-state index contributed by atoms with van der Waals surface area (Å²) in [6, 6.07) is 6.46. The van der Waals surface area contributed by atoms with Crippen LogP contribution in [0, 0.1) is 6.92 Å². The Bertz CT molecular complexity index is 550. The Balaban J connectivity index is 1.59. The lowest BCUT2D eigenvalue weighted by Crippen LogP contribution is -2.12. The Morgan fingerprint density at radius 2 is 2.33 bits per heavy atom. The van der Waals surface area contributed by atoms with Gasteiger partial charge in [0, 0.05) is 24.4 Å². The third kappa shape index (κ3) is 2.40. The number of benzene rings is 1. The summed E-state index contributed by atoms with van der Waals surface area (Å²) in [5, 5.41) is 3.47. The van der Waals surface area contributed by atoms with Gasteiger partial charge in [0.2, 0.25) is 0 Å². The number of ether oxygens (including phenoxy) is 1. The monoisotopic (exact) mass is 260 g/mol. The molecule has 0 aliphatic carbocycles. The molecule has 1 aliphatic heterocycles. The molecule has 94 valence electrons. The highest BCUT2D eigenvalue weighted by Crippen LogP contribution is 2.25. The molecule has 2 aromatic rings. The summed E-state index contributed by atoms with van der Waals surface area (Å²) in [6.45, 7) is 4.67.